The maximum absolute atomic E-state index is 13.1. The van der Waals surface area contributed by atoms with Crippen LogP contribution < -0.4 is 10.6 Å². The molecule has 0 radical (unpaired) electrons. The molecule has 1 aliphatic rings. The monoisotopic (exact) mass is 274 g/mol. The Hall–Kier alpha value is -1.17. The standard InChI is InChI=1S/C12H15FN2O2.ClH/c1-8-4-9(13)6-10(5-8)15-12(16)11-7-17-3-2-14-11;/h4-6,11,14H,2-3,7H2,1H3,(H,15,16);1H. The highest BCUT2D eigenvalue weighted by molar-refractivity contribution is 5.95. The average Bonchev–Trinajstić information content (AvgIpc) is 2.28. The van der Waals surface area contributed by atoms with Gasteiger partial charge in [0.15, 0.2) is 0 Å². The summed E-state index contributed by atoms with van der Waals surface area (Å²) in [6, 6.07) is 4.07. The molecule has 4 nitrogen and oxygen atoms in total. The molecule has 18 heavy (non-hydrogen) atoms. The lowest BCUT2D eigenvalue weighted by molar-refractivity contribution is -0.120. The molecule has 2 rings (SSSR count). The minimum Gasteiger partial charge on any atom is -0.378 e. The second-order valence-electron chi connectivity index (χ2n) is 4.09. The molecule has 2 N–H and O–H groups in total. The Balaban J connectivity index is 0.00000162. The minimum absolute atomic E-state index is 0. The van der Waals surface area contributed by atoms with Crippen LogP contribution in [-0.2, 0) is 9.53 Å². The van der Waals surface area contributed by atoms with Crippen LogP contribution in [0.1, 0.15) is 5.56 Å². The Morgan fingerprint density at radius 3 is 2.89 bits per heavy atom. The van der Waals surface area contributed by atoms with E-state index < -0.39 is 0 Å². The van der Waals surface area contributed by atoms with Gasteiger partial charge in [0.25, 0.3) is 0 Å². The number of carbonyl (C=O) groups is 1. The zero-order valence-electron chi connectivity index (χ0n) is 10.0. The van der Waals surface area contributed by atoms with E-state index in [1.165, 1.54) is 12.1 Å². The number of hydrogen-bond acceptors (Lipinski definition) is 3. The Kier molecular flexibility index (Phi) is 5.53. The highest BCUT2D eigenvalue weighted by Gasteiger charge is 2.21. The summed E-state index contributed by atoms with van der Waals surface area (Å²) in [6.07, 6.45) is 0. The number of morpholine rings is 1. The van der Waals surface area contributed by atoms with Crippen molar-refractivity contribution in [1.29, 1.82) is 0 Å². The maximum atomic E-state index is 13.1. The summed E-state index contributed by atoms with van der Waals surface area (Å²) < 4.78 is 18.3. The highest BCUT2D eigenvalue weighted by atomic mass is 35.5. The predicted molar refractivity (Wildman–Crippen MR) is 69.6 cm³/mol. The SMILES string of the molecule is Cc1cc(F)cc(NC(=O)C2COCCN2)c1.Cl. The molecule has 1 amide bonds. The van der Waals surface area contributed by atoms with Gasteiger partial charge in [-0.1, -0.05) is 0 Å². The van der Waals surface area contributed by atoms with Crippen molar-refractivity contribution >= 4 is 24.0 Å². The summed E-state index contributed by atoms with van der Waals surface area (Å²) in [5.74, 6) is -0.553. The van der Waals surface area contributed by atoms with Crippen LogP contribution in [0.25, 0.3) is 0 Å². The molecule has 1 atom stereocenters. The van der Waals surface area contributed by atoms with Gasteiger partial charge in [-0.2, -0.15) is 0 Å². The number of anilines is 1. The molecule has 0 bridgehead atoms. The van der Waals surface area contributed by atoms with E-state index in [0.29, 0.717) is 25.4 Å². The largest absolute Gasteiger partial charge is 0.378 e. The van der Waals surface area contributed by atoms with Crippen LogP contribution >= 0.6 is 12.4 Å². The molecule has 0 saturated carbocycles. The Morgan fingerprint density at radius 1 is 1.50 bits per heavy atom. The summed E-state index contributed by atoms with van der Waals surface area (Å²) in [7, 11) is 0. The zero-order chi connectivity index (χ0) is 12.3. The number of carbonyl (C=O) groups excluding carboxylic acids is 1. The summed E-state index contributed by atoms with van der Waals surface area (Å²) in [4.78, 5) is 11.8. The molecule has 6 heteroatoms. The molecular weight excluding hydrogens is 259 g/mol. The lowest BCUT2D eigenvalue weighted by atomic mass is 10.2. The molecule has 1 saturated heterocycles. The van der Waals surface area contributed by atoms with Crippen molar-refractivity contribution in [3.05, 3.63) is 29.6 Å². The van der Waals surface area contributed by atoms with Crippen LogP contribution in [-0.4, -0.2) is 31.7 Å². The molecule has 1 aromatic rings. The molecule has 0 spiro atoms. The summed E-state index contributed by atoms with van der Waals surface area (Å²) >= 11 is 0. The normalized spacial score (nSPS) is 18.9. The van der Waals surface area contributed by atoms with Gasteiger partial charge in [0.05, 0.1) is 13.2 Å². The zero-order valence-corrected chi connectivity index (χ0v) is 10.8. The van der Waals surface area contributed by atoms with Crippen molar-refractivity contribution in [2.75, 3.05) is 25.1 Å². The van der Waals surface area contributed by atoms with Crippen LogP contribution in [0.5, 0.6) is 0 Å². The maximum Gasteiger partial charge on any atom is 0.243 e. The van der Waals surface area contributed by atoms with E-state index in [-0.39, 0.29) is 30.2 Å². The van der Waals surface area contributed by atoms with Crippen LogP contribution in [0, 0.1) is 12.7 Å². The van der Waals surface area contributed by atoms with Crippen molar-refractivity contribution < 1.29 is 13.9 Å². The van der Waals surface area contributed by atoms with E-state index in [9.17, 15) is 9.18 Å². The van der Waals surface area contributed by atoms with Gasteiger partial charge in [-0.15, -0.1) is 12.4 Å². The minimum atomic E-state index is -0.368. The molecule has 1 aromatic carbocycles. The Labute approximate surface area is 111 Å². The first-order valence-electron chi connectivity index (χ1n) is 5.54. The number of amides is 1. The topological polar surface area (TPSA) is 50.4 Å². The second kappa shape index (κ2) is 6.68. The molecular formula is C12H16ClFN2O2. The van der Waals surface area contributed by atoms with E-state index in [0.717, 1.165) is 5.56 Å². The third kappa shape index (κ3) is 3.94. The molecule has 1 unspecified atom stereocenters. The van der Waals surface area contributed by atoms with Gasteiger partial charge in [0, 0.05) is 12.2 Å². The van der Waals surface area contributed by atoms with E-state index in [4.69, 9.17) is 4.74 Å². The molecule has 100 valence electrons. The summed E-state index contributed by atoms with van der Waals surface area (Å²) in [6.45, 7) is 3.39. The molecule has 1 heterocycles. The molecule has 0 aliphatic carbocycles. The number of hydrogen-bond donors (Lipinski definition) is 2. The van der Waals surface area contributed by atoms with Crippen LogP contribution in [0.15, 0.2) is 18.2 Å². The van der Waals surface area contributed by atoms with Gasteiger partial charge in [-0.25, -0.2) is 4.39 Å². The highest BCUT2D eigenvalue weighted by Crippen LogP contribution is 2.13. The predicted octanol–water partition coefficient (Wildman–Crippen LogP) is 1.48. The summed E-state index contributed by atoms with van der Waals surface area (Å²) in [5, 5.41) is 5.71. The van der Waals surface area contributed by atoms with Gasteiger partial charge in [0.1, 0.15) is 11.9 Å². The van der Waals surface area contributed by atoms with E-state index in [1.807, 2.05) is 0 Å². The van der Waals surface area contributed by atoms with Crippen molar-refractivity contribution in [3.8, 4) is 0 Å². The Morgan fingerprint density at radius 2 is 2.28 bits per heavy atom. The Bertz CT molecular complexity index is 402. The van der Waals surface area contributed by atoms with Crippen molar-refractivity contribution in [2.24, 2.45) is 0 Å². The van der Waals surface area contributed by atoms with Crippen molar-refractivity contribution in [2.45, 2.75) is 13.0 Å². The molecule has 0 aromatic heterocycles. The first-order chi connectivity index (χ1) is 8.15. The number of aryl methyl sites for hydroxylation is 1. The van der Waals surface area contributed by atoms with Crippen molar-refractivity contribution in [3.63, 3.8) is 0 Å². The molecule has 1 aliphatic heterocycles. The quantitative estimate of drug-likeness (QED) is 0.859. The van der Waals surface area contributed by atoms with E-state index in [2.05, 4.69) is 10.6 Å². The molecule has 1 fully saturated rings. The van der Waals surface area contributed by atoms with Crippen molar-refractivity contribution in [1.82, 2.24) is 5.32 Å². The first-order valence-corrected chi connectivity index (χ1v) is 5.54. The van der Waals surface area contributed by atoms with Gasteiger partial charge >= 0.3 is 0 Å². The van der Waals surface area contributed by atoms with E-state index >= 15 is 0 Å². The van der Waals surface area contributed by atoms with E-state index in [1.54, 1.807) is 13.0 Å². The van der Waals surface area contributed by atoms with Gasteiger partial charge in [0.2, 0.25) is 5.91 Å². The lowest BCUT2D eigenvalue weighted by Crippen LogP contribution is -2.48. The van der Waals surface area contributed by atoms with Crippen LogP contribution in [0.4, 0.5) is 10.1 Å². The number of nitrogens with one attached hydrogen (secondary N) is 2. The smallest absolute Gasteiger partial charge is 0.243 e. The van der Waals surface area contributed by atoms with Gasteiger partial charge in [-0.05, 0) is 30.7 Å². The fourth-order valence-electron chi connectivity index (χ4n) is 1.77. The average molecular weight is 275 g/mol. The third-order valence-corrected chi connectivity index (χ3v) is 2.55. The second-order valence-corrected chi connectivity index (χ2v) is 4.09. The van der Waals surface area contributed by atoms with Gasteiger partial charge < -0.3 is 15.4 Å². The van der Waals surface area contributed by atoms with Crippen LogP contribution in [0.3, 0.4) is 0 Å². The third-order valence-electron chi connectivity index (χ3n) is 2.55. The number of ether oxygens (including phenoxy) is 1. The number of rotatable bonds is 2. The first kappa shape index (κ1) is 14.9. The van der Waals surface area contributed by atoms with Crippen LogP contribution in [0.2, 0.25) is 0 Å². The number of halogens is 2. The summed E-state index contributed by atoms with van der Waals surface area (Å²) in [5.41, 5.74) is 1.24. The number of benzene rings is 1. The fourth-order valence-corrected chi connectivity index (χ4v) is 1.77. The lowest BCUT2D eigenvalue weighted by Gasteiger charge is -2.22. The van der Waals surface area contributed by atoms with Gasteiger partial charge in [-0.3, -0.25) is 4.79 Å². The fraction of sp³-hybridized carbons (Fsp3) is 0.417.